The van der Waals surface area contributed by atoms with Crippen LogP contribution in [0.5, 0.6) is 11.5 Å². The quantitative estimate of drug-likeness (QED) is 0.804. The van der Waals surface area contributed by atoms with E-state index in [2.05, 4.69) is 4.98 Å². The average molecular weight is 306 g/mol. The fraction of sp³-hybridized carbons (Fsp3) is 0.111. The van der Waals surface area contributed by atoms with E-state index in [1.54, 1.807) is 12.1 Å². The Morgan fingerprint density at radius 1 is 1.17 bits per heavy atom. The molecule has 0 radical (unpaired) electrons. The molecule has 0 saturated heterocycles. The number of methoxy groups -OCH3 is 1. The molecule has 0 aliphatic carbocycles. The molecule has 114 valence electrons. The first-order chi connectivity index (χ1) is 11.2. The van der Waals surface area contributed by atoms with E-state index < -0.39 is 0 Å². The Balaban J connectivity index is 2.03. The van der Waals surface area contributed by atoms with Crippen LogP contribution in [-0.2, 0) is 6.61 Å². The molecule has 0 aliphatic rings. The topological polar surface area (TPSA) is 75.1 Å². The average Bonchev–Trinajstić information content (AvgIpc) is 2.60. The van der Waals surface area contributed by atoms with Crippen molar-refractivity contribution in [2.75, 3.05) is 7.11 Å². The lowest BCUT2D eigenvalue weighted by Gasteiger charge is -2.12. The molecule has 5 heteroatoms. The van der Waals surface area contributed by atoms with Gasteiger partial charge in [-0.25, -0.2) is 0 Å². The molecule has 3 aromatic rings. The molecular formula is C18H14N2O3. The molecule has 0 saturated carbocycles. The van der Waals surface area contributed by atoms with Crippen molar-refractivity contribution in [3.05, 3.63) is 70.0 Å². The first-order valence-electron chi connectivity index (χ1n) is 7.03. The van der Waals surface area contributed by atoms with Crippen LogP contribution in [0.1, 0.15) is 11.1 Å². The summed E-state index contributed by atoms with van der Waals surface area (Å²) in [6, 6.07) is 14.9. The van der Waals surface area contributed by atoms with Gasteiger partial charge < -0.3 is 14.5 Å². The smallest absolute Gasteiger partial charge is 0.207 e. The van der Waals surface area contributed by atoms with Crippen molar-refractivity contribution in [2.45, 2.75) is 6.61 Å². The Kier molecular flexibility index (Phi) is 3.98. The van der Waals surface area contributed by atoms with E-state index in [1.807, 2.05) is 36.4 Å². The maximum atomic E-state index is 12.2. The normalized spacial score (nSPS) is 10.3. The first-order valence-corrected chi connectivity index (χ1v) is 7.03. The van der Waals surface area contributed by atoms with Gasteiger partial charge in [-0.15, -0.1) is 0 Å². The maximum Gasteiger partial charge on any atom is 0.207 e. The number of pyridine rings is 1. The van der Waals surface area contributed by atoms with Crippen molar-refractivity contribution in [2.24, 2.45) is 0 Å². The molecule has 1 aromatic heterocycles. The molecule has 23 heavy (non-hydrogen) atoms. The van der Waals surface area contributed by atoms with Crippen LogP contribution >= 0.6 is 0 Å². The maximum absolute atomic E-state index is 12.2. The van der Waals surface area contributed by atoms with Crippen molar-refractivity contribution in [3.63, 3.8) is 0 Å². The minimum Gasteiger partial charge on any atom is -0.493 e. The highest BCUT2D eigenvalue weighted by atomic mass is 16.5. The SMILES string of the molecule is COc1cc2[nH]cc(C#N)c(=O)c2cc1OCc1ccccc1. The van der Waals surface area contributed by atoms with Crippen molar-refractivity contribution in [1.82, 2.24) is 4.98 Å². The van der Waals surface area contributed by atoms with Gasteiger partial charge in [0.15, 0.2) is 11.5 Å². The third-order valence-electron chi connectivity index (χ3n) is 3.52. The molecule has 0 fully saturated rings. The lowest BCUT2D eigenvalue weighted by atomic mass is 10.1. The van der Waals surface area contributed by atoms with Gasteiger partial charge in [0.25, 0.3) is 0 Å². The van der Waals surface area contributed by atoms with E-state index in [4.69, 9.17) is 14.7 Å². The first kappa shape index (κ1) is 14.7. The van der Waals surface area contributed by atoms with E-state index in [-0.39, 0.29) is 11.0 Å². The highest BCUT2D eigenvalue weighted by molar-refractivity contribution is 5.83. The number of hydrogen-bond donors (Lipinski definition) is 1. The van der Waals surface area contributed by atoms with Crippen LogP contribution < -0.4 is 14.9 Å². The van der Waals surface area contributed by atoms with Crippen LogP contribution in [-0.4, -0.2) is 12.1 Å². The Morgan fingerprint density at radius 3 is 2.65 bits per heavy atom. The number of ether oxygens (including phenoxy) is 2. The van der Waals surface area contributed by atoms with Crippen LogP contribution in [0.4, 0.5) is 0 Å². The number of nitrogens with zero attached hydrogens (tertiary/aromatic N) is 1. The molecule has 0 amide bonds. The third-order valence-corrected chi connectivity index (χ3v) is 3.52. The predicted molar refractivity (Wildman–Crippen MR) is 86.6 cm³/mol. The van der Waals surface area contributed by atoms with Crippen LogP contribution in [0.15, 0.2) is 53.5 Å². The summed E-state index contributed by atoms with van der Waals surface area (Å²) < 4.78 is 11.1. The van der Waals surface area contributed by atoms with Gasteiger partial charge in [-0.1, -0.05) is 30.3 Å². The zero-order chi connectivity index (χ0) is 16.2. The predicted octanol–water partition coefficient (Wildman–Crippen LogP) is 2.99. The summed E-state index contributed by atoms with van der Waals surface area (Å²) in [6.45, 7) is 0.360. The Hall–Kier alpha value is -3.26. The third kappa shape index (κ3) is 2.87. The van der Waals surface area contributed by atoms with E-state index in [9.17, 15) is 4.79 Å². The molecule has 3 rings (SSSR count). The van der Waals surface area contributed by atoms with Crippen LogP contribution in [0.25, 0.3) is 10.9 Å². The van der Waals surface area contributed by atoms with Crippen molar-refractivity contribution >= 4 is 10.9 Å². The largest absolute Gasteiger partial charge is 0.493 e. The van der Waals surface area contributed by atoms with Crippen LogP contribution in [0.3, 0.4) is 0 Å². The number of aromatic amines is 1. The second-order valence-electron chi connectivity index (χ2n) is 4.97. The molecule has 0 atom stereocenters. The standard InChI is InChI=1S/C18H14N2O3/c1-22-16-8-15-14(18(21)13(9-19)10-20-15)7-17(16)23-11-12-5-3-2-4-6-12/h2-8,10H,11H2,1H3,(H,20,21). The molecule has 0 bridgehead atoms. The zero-order valence-electron chi connectivity index (χ0n) is 12.5. The van der Waals surface area contributed by atoms with Crippen molar-refractivity contribution in [1.29, 1.82) is 5.26 Å². The molecule has 2 aromatic carbocycles. The zero-order valence-corrected chi connectivity index (χ0v) is 12.5. The van der Waals surface area contributed by atoms with Gasteiger partial charge in [-0.3, -0.25) is 4.79 Å². The summed E-state index contributed by atoms with van der Waals surface area (Å²) in [7, 11) is 1.54. The van der Waals surface area contributed by atoms with Gasteiger partial charge in [0.1, 0.15) is 18.2 Å². The molecule has 1 N–H and O–H groups in total. The summed E-state index contributed by atoms with van der Waals surface area (Å²) in [4.78, 5) is 15.2. The number of fused-ring (bicyclic) bond motifs is 1. The minimum atomic E-state index is -0.325. The van der Waals surface area contributed by atoms with E-state index >= 15 is 0 Å². The van der Waals surface area contributed by atoms with Crippen molar-refractivity contribution in [3.8, 4) is 17.6 Å². The second-order valence-corrected chi connectivity index (χ2v) is 4.97. The summed E-state index contributed by atoms with van der Waals surface area (Å²) in [5.74, 6) is 0.984. The molecular weight excluding hydrogens is 292 g/mol. The van der Waals surface area contributed by atoms with Crippen molar-refractivity contribution < 1.29 is 9.47 Å². The molecule has 5 nitrogen and oxygen atoms in total. The lowest BCUT2D eigenvalue weighted by molar-refractivity contribution is 0.285. The number of rotatable bonds is 4. The van der Waals surface area contributed by atoms with E-state index in [0.717, 1.165) is 5.56 Å². The number of hydrogen-bond acceptors (Lipinski definition) is 4. The Morgan fingerprint density at radius 2 is 1.96 bits per heavy atom. The number of benzene rings is 2. The van der Waals surface area contributed by atoms with Gasteiger partial charge in [0.2, 0.25) is 5.43 Å². The van der Waals surface area contributed by atoms with Crippen LogP contribution in [0.2, 0.25) is 0 Å². The Labute approximate surface area is 132 Å². The molecule has 0 aliphatic heterocycles. The summed E-state index contributed by atoms with van der Waals surface area (Å²) >= 11 is 0. The Bertz CT molecular complexity index is 940. The molecule has 0 unspecified atom stereocenters. The summed E-state index contributed by atoms with van der Waals surface area (Å²) in [5, 5.41) is 9.37. The number of H-pyrrole nitrogens is 1. The van der Waals surface area contributed by atoms with Crippen LogP contribution in [0, 0.1) is 11.3 Å². The number of aromatic nitrogens is 1. The minimum absolute atomic E-state index is 0.0664. The fourth-order valence-electron chi connectivity index (χ4n) is 2.32. The van der Waals surface area contributed by atoms with E-state index in [1.165, 1.54) is 13.3 Å². The summed E-state index contributed by atoms with van der Waals surface area (Å²) in [6.07, 6.45) is 1.40. The van der Waals surface area contributed by atoms with Gasteiger partial charge in [0.05, 0.1) is 18.0 Å². The molecule has 0 spiro atoms. The number of nitriles is 1. The van der Waals surface area contributed by atoms with Gasteiger partial charge in [-0.2, -0.15) is 5.26 Å². The second kappa shape index (κ2) is 6.24. The fourth-order valence-corrected chi connectivity index (χ4v) is 2.32. The highest BCUT2D eigenvalue weighted by Crippen LogP contribution is 2.31. The highest BCUT2D eigenvalue weighted by Gasteiger charge is 2.11. The molecule has 1 heterocycles. The van der Waals surface area contributed by atoms with Gasteiger partial charge in [0, 0.05) is 12.3 Å². The number of nitrogens with one attached hydrogen (secondary N) is 1. The van der Waals surface area contributed by atoms with E-state index in [0.29, 0.717) is 29.0 Å². The lowest BCUT2D eigenvalue weighted by Crippen LogP contribution is -2.08. The van der Waals surface area contributed by atoms with Gasteiger partial charge in [-0.05, 0) is 11.6 Å². The van der Waals surface area contributed by atoms with Gasteiger partial charge >= 0.3 is 0 Å². The summed E-state index contributed by atoms with van der Waals surface area (Å²) in [5.41, 5.74) is 1.34. The monoisotopic (exact) mass is 306 g/mol.